The fraction of sp³-hybridized carbons (Fsp3) is 0.0800. The van der Waals surface area contributed by atoms with E-state index in [1.807, 2.05) is 43.3 Å². The summed E-state index contributed by atoms with van der Waals surface area (Å²) < 4.78 is 1.82. The third-order valence-electron chi connectivity index (χ3n) is 5.50. The van der Waals surface area contributed by atoms with Crippen molar-refractivity contribution in [2.24, 2.45) is 0 Å². The second-order valence-corrected chi connectivity index (χ2v) is 10.4. The number of ketones is 1. The summed E-state index contributed by atoms with van der Waals surface area (Å²) in [6.07, 6.45) is 0. The van der Waals surface area contributed by atoms with Gasteiger partial charge in [0.15, 0.2) is 5.13 Å². The third kappa shape index (κ3) is 3.94. The largest absolute Gasteiger partial charge is 0.507 e. The number of benzene rings is 3. The van der Waals surface area contributed by atoms with Crippen molar-refractivity contribution in [1.29, 1.82) is 0 Å². The molecule has 2 heterocycles. The first-order valence-corrected chi connectivity index (χ1v) is 12.3. The van der Waals surface area contributed by atoms with E-state index in [0.29, 0.717) is 26.8 Å². The van der Waals surface area contributed by atoms with E-state index >= 15 is 0 Å². The van der Waals surface area contributed by atoms with Crippen molar-refractivity contribution in [3.8, 4) is 0 Å². The van der Waals surface area contributed by atoms with Crippen LogP contribution in [0.25, 0.3) is 16.0 Å². The molecule has 1 amide bonds. The van der Waals surface area contributed by atoms with Crippen molar-refractivity contribution in [2.45, 2.75) is 13.0 Å². The molecule has 164 valence electrons. The number of carbonyl (C=O) groups is 2. The normalized spacial score (nSPS) is 17.8. The van der Waals surface area contributed by atoms with Gasteiger partial charge in [0.1, 0.15) is 5.76 Å². The molecule has 5 nitrogen and oxygen atoms in total. The van der Waals surface area contributed by atoms with E-state index < -0.39 is 17.7 Å². The molecule has 1 saturated heterocycles. The van der Waals surface area contributed by atoms with Gasteiger partial charge in [-0.05, 0) is 65.4 Å². The van der Waals surface area contributed by atoms with Crippen molar-refractivity contribution in [2.75, 3.05) is 4.90 Å². The second kappa shape index (κ2) is 8.55. The van der Waals surface area contributed by atoms with Gasteiger partial charge in [0.2, 0.25) is 0 Å². The number of carbonyl (C=O) groups excluding carboxylic acids is 2. The van der Waals surface area contributed by atoms with Crippen LogP contribution < -0.4 is 4.90 Å². The van der Waals surface area contributed by atoms with Crippen LogP contribution in [0.5, 0.6) is 0 Å². The van der Waals surface area contributed by atoms with Crippen molar-refractivity contribution in [3.63, 3.8) is 0 Å². The minimum atomic E-state index is -0.806. The number of anilines is 1. The van der Waals surface area contributed by atoms with Gasteiger partial charge in [-0.25, -0.2) is 4.98 Å². The van der Waals surface area contributed by atoms with Gasteiger partial charge in [-0.1, -0.05) is 64.9 Å². The molecule has 0 bridgehead atoms. The van der Waals surface area contributed by atoms with Crippen molar-refractivity contribution in [3.05, 3.63) is 97.6 Å². The Morgan fingerprint density at radius 3 is 2.45 bits per heavy atom. The van der Waals surface area contributed by atoms with Crippen LogP contribution in [0.1, 0.15) is 22.7 Å². The van der Waals surface area contributed by atoms with Crippen LogP contribution in [0.15, 0.2) is 72.3 Å². The van der Waals surface area contributed by atoms with Crippen LogP contribution in [-0.2, 0) is 9.59 Å². The van der Waals surface area contributed by atoms with E-state index in [1.54, 1.807) is 30.3 Å². The highest BCUT2D eigenvalue weighted by Gasteiger charge is 2.48. The SMILES string of the molecule is Cc1ccc(/C(O)=C2\C(=O)C(=O)N(c3nc4ccc(Cl)cc4s3)C2c2ccc(I)cc2)cc1. The average Bonchev–Trinajstić information content (AvgIpc) is 3.32. The van der Waals surface area contributed by atoms with Crippen molar-refractivity contribution < 1.29 is 14.7 Å². The zero-order valence-electron chi connectivity index (χ0n) is 17.3. The molecule has 0 aliphatic carbocycles. The first kappa shape index (κ1) is 22.1. The van der Waals surface area contributed by atoms with Gasteiger partial charge in [-0.2, -0.15) is 0 Å². The number of hydrogen-bond acceptors (Lipinski definition) is 5. The molecule has 1 fully saturated rings. The van der Waals surface area contributed by atoms with Crippen LogP contribution in [0.2, 0.25) is 5.02 Å². The molecule has 1 atom stereocenters. The lowest BCUT2D eigenvalue weighted by atomic mass is 9.95. The topological polar surface area (TPSA) is 70.5 Å². The van der Waals surface area contributed by atoms with Crippen LogP contribution in [0, 0.1) is 10.5 Å². The lowest BCUT2D eigenvalue weighted by Gasteiger charge is -2.23. The standard InChI is InChI=1S/C25H16ClIN2O3S/c1-13-2-4-15(5-3-13)22(30)20-21(14-6-9-17(27)10-7-14)29(24(32)23(20)31)25-28-18-11-8-16(26)12-19(18)33-25/h2-12,21,30H,1H3/b22-20+. The second-order valence-electron chi connectivity index (χ2n) is 7.70. The van der Waals surface area contributed by atoms with Gasteiger partial charge < -0.3 is 5.11 Å². The highest BCUT2D eigenvalue weighted by molar-refractivity contribution is 14.1. The quantitative estimate of drug-likeness (QED) is 0.129. The fourth-order valence-corrected chi connectivity index (χ4v) is 5.47. The number of thiazole rings is 1. The molecule has 3 aromatic carbocycles. The molecule has 1 aliphatic heterocycles. The Hall–Kier alpha value is -2.75. The number of aliphatic hydroxyl groups is 1. The Labute approximate surface area is 212 Å². The number of hydrogen-bond donors (Lipinski definition) is 1. The lowest BCUT2D eigenvalue weighted by molar-refractivity contribution is -0.132. The smallest absolute Gasteiger partial charge is 0.301 e. The maximum absolute atomic E-state index is 13.3. The third-order valence-corrected chi connectivity index (χ3v) is 7.47. The van der Waals surface area contributed by atoms with E-state index in [0.717, 1.165) is 13.8 Å². The summed E-state index contributed by atoms with van der Waals surface area (Å²) in [6.45, 7) is 1.94. The summed E-state index contributed by atoms with van der Waals surface area (Å²) in [6, 6.07) is 19.2. The molecular weight excluding hydrogens is 571 g/mol. The number of halogens is 2. The highest BCUT2D eigenvalue weighted by atomic mass is 127. The number of aryl methyl sites for hydroxylation is 1. The van der Waals surface area contributed by atoms with E-state index in [1.165, 1.54) is 16.2 Å². The summed E-state index contributed by atoms with van der Waals surface area (Å²) in [4.78, 5) is 32.5. The van der Waals surface area contributed by atoms with Gasteiger partial charge in [0.05, 0.1) is 21.8 Å². The van der Waals surface area contributed by atoms with E-state index in [-0.39, 0.29) is 11.3 Å². The molecule has 1 aliphatic rings. The Bertz CT molecular complexity index is 1450. The molecule has 1 N–H and O–H groups in total. The molecular formula is C25H16ClIN2O3S. The number of fused-ring (bicyclic) bond motifs is 1. The molecule has 0 saturated carbocycles. The van der Waals surface area contributed by atoms with Crippen LogP contribution in [0.3, 0.4) is 0 Å². The molecule has 8 heteroatoms. The Morgan fingerprint density at radius 1 is 1.06 bits per heavy atom. The number of amides is 1. The minimum absolute atomic E-state index is 0.0438. The fourth-order valence-electron chi connectivity index (χ4n) is 3.85. The molecule has 0 spiro atoms. The monoisotopic (exact) mass is 586 g/mol. The Balaban J connectivity index is 1.73. The number of nitrogens with zero attached hydrogens (tertiary/aromatic N) is 2. The van der Waals surface area contributed by atoms with E-state index in [4.69, 9.17) is 11.6 Å². The van der Waals surface area contributed by atoms with Gasteiger partial charge in [0, 0.05) is 14.2 Å². The summed E-state index contributed by atoms with van der Waals surface area (Å²) in [5.74, 6) is -1.67. The van der Waals surface area contributed by atoms with Crippen LogP contribution in [0.4, 0.5) is 5.13 Å². The van der Waals surface area contributed by atoms with Crippen LogP contribution in [-0.4, -0.2) is 21.8 Å². The maximum Gasteiger partial charge on any atom is 0.301 e. The predicted molar refractivity (Wildman–Crippen MR) is 140 cm³/mol. The maximum atomic E-state index is 13.3. The molecule has 4 aromatic rings. The number of aromatic nitrogens is 1. The zero-order valence-corrected chi connectivity index (χ0v) is 21.0. The number of Topliss-reactive ketones (excluding diaryl/α,β-unsaturated/α-hetero) is 1. The van der Waals surface area contributed by atoms with E-state index in [2.05, 4.69) is 27.6 Å². The van der Waals surface area contributed by atoms with Crippen molar-refractivity contribution in [1.82, 2.24) is 4.98 Å². The molecule has 0 radical (unpaired) electrons. The molecule has 1 aromatic heterocycles. The van der Waals surface area contributed by atoms with Gasteiger partial charge in [0.25, 0.3) is 5.78 Å². The highest BCUT2D eigenvalue weighted by Crippen LogP contribution is 2.44. The minimum Gasteiger partial charge on any atom is -0.507 e. The molecule has 5 rings (SSSR count). The summed E-state index contributed by atoms with van der Waals surface area (Å²) >= 11 is 9.60. The first-order chi connectivity index (χ1) is 15.8. The predicted octanol–water partition coefficient (Wildman–Crippen LogP) is 6.49. The Morgan fingerprint density at radius 2 is 1.76 bits per heavy atom. The molecule has 1 unspecified atom stereocenters. The van der Waals surface area contributed by atoms with Crippen molar-refractivity contribution >= 4 is 78.3 Å². The summed E-state index contributed by atoms with van der Waals surface area (Å²) in [5.41, 5.74) is 2.93. The van der Waals surface area contributed by atoms with Crippen LogP contribution >= 0.6 is 45.5 Å². The van der Waals surface area contributed by atoms with Gasteiger partial charge in [-0.3, -0.25) is 14.5 Å². The van der Waals surface area contributed by atoms with E-state index in [9.17, 15) is 14.7 Å². The first-order valence-electron chi connectivity index (χ1n) is 10.0. The molecule has 33 heavy (non-hydrogen) atoms. The summed E-state index contributed by atoms with van der Waals surface area (Å²) in [5, 5.41) is 12.1. The zero-order chi connectivity index (χ0) is 23.3. The Kier molecular flexibility index (Phi) is 5.72. The van der Waals surface area contributed by atoms with Gasteiger partial charge in [-0.15, -0.1) is 0 Å². The lowest BCUT2D eigenvalue weighted by Crippen LogP contribution is -2.29. The number of rotatable bonds is 3. The summed E-state index contributed by atoms with van der Waals surface area (Å²) in [7, 11) is 0. The average molecular weight is 587 g/mol. The van der Waals surface area contributed by atoms with Gasteiger partial charge >= 0.3 is 5.91 Å². The number of aliphatic hydroxyl groups excluding tert-OH is 1.